The van der Waals surface area contributed by atoms with E-state index >= 15 is 0 Å². The van der Waals surface area contributed by atoms with Crippen molar-refractivity contribution in [3.05, 3.63) is 27.7 Å². The third-order valence-corrected chi connectivity index (χ3v) is 2.21. The first kappa shape index (κ1) is 10.2. The molecule has 3 N–H and O–H groups in total. The SMILES string of the molecule is Cc1cc(Br)cc(C(=O)CN)c1O. The predicted octanol–water partition coefficient (Wildman–Crippen LogP) is 1.60. The van der Waals surface area contributed by atoms with E-state index in [0.717, 1.165) is 4.47 Å². The monoisotopic (exact) mass is 243 g/mol. The summed E-state index contributed by atoms with van der Waals surface area (Å²) in [6, 6.07) is 3.31. The lowest BCUT2D eigenvalue weighted by Gasteiger charge is -2.05. The molecule has 1 aromatic rings. The molecule has 0 radical (unpaired) electrons. The van der Waals surface area contributed by atoms with E-state index in [1.165, 1.54) is 0 Å². The van der Waals surface area contributed by atoms with Gasteiger partial charge in [0.05, 0.1) is 12.1 Å². The summed E-state index contributed by atoms with van der Waals surface area (Å²) >= 11 is 3.24. The van der Waals surface area contributed by atoms with Gasteiger partial charge in [0.15, 0.2) is 5.78 Å². The maximum Gasteiger partial charge on any atom is 0.180 e. The van der Waals surface area contributed by atoms with Crippen LogP contribution in [0, 0.1) is 6.92 Å². The van der Waals surface area contributed by atoms with Gasteiger partial charge in [0.25, 0.3) is 0 Å². The zero-order valence-electron chi connectivity index (χ0n) is 7.17. The molecule has 70 valence electrons. The number of carbonyl (C=O) groups excluding carboxylic acids is 1. The number of Topliss-reactive ketones (excluding diaryl/α,β-unsaturated/α-hetero) is 1. The number of ketones is 1. The lowest BCUT2D eigenvalue weighted by Crippen LogP contribution is -2.13. The van der Waals surface area contributed by atoms with E-state index in [2.05, 4.69) is 15.9 Å². The summed E-state index contributed by atoms with van der Waals surface area (Å²) in [6.45, 7) is 1.64. The topological polar surface area (TPSA) is 63.3 Å². The molecule has 3 nitrogen and oxygen atoms in total. The first-order valence-corrected chi connectivity index (χ1v) is 4.58. The molecular weight excluding hydrogens is 234 g/mol. The fourth-order valence-electron chi connectivity index (χ4n) is 1.06. The van der Waals surface area contributed by atoms with Gasteiger partial charge in [-0.15, -0.1) is 0 Å². The largest absolute Gasteiger partial charge is 0.507 e. The lowest BCUT2D eigenvalue weighted by molar-refractivity contribution is 0.0998. The Bertz CT molecular complexity index is 350. The number of halogens is 1. The minimum atomic E-state index is -0.262. The number of nitrogens with two attached hydrogens (primary N) is 1. The molecule has 0 aromatic heterocycles. The predicted molar refractivity (Wildman–Crippen MR) is 53.9 cm³/mol. The smallest absolute Gasteiger partial charge is 0.180 e. The Morgan fingerprint density at radius 3 is 2.77 bits per heavy atom. The molecular formula is C9H10BrNO2. The van der Waals surface area contributed by atoms with Gasteiger partial charge in [0, 0.05) is 4.47 Å². The minimum Gasteiger partial charge on any atom is -0.507 e. The number of aryl methyl sites for hydroxylation is 1. The number of carbonyl (C=O) groups is 1. The van der Waals surface area contributed by atoms with Crippen molar-refractivity contribution in [1.82, 2.24) is 0 Å². The highest BCUT2D eigenvalue weighted by atomic mass is 79.9. The summed E-state index contributed by atoms with van der Waals surface area (Å²) in [5.41, 5.74) is 6.13. The van der Waals surface area contributed by atoms with Crippen LogP contribution in [0.25, 0.3) is 0 Å². The lowest BCUT2D eigenvalue weighted by atomic mass is 10.1. The first-order chi connectivity index (χ1) is 6.06. The van der Waals surface area contributed by atoms with Crippen molar-refractivity contribution in [2.24, 2.45) is 5.73 Å². The molecule has 0 unspecified atom stereocenters. The van der Waals surface area contributed by atoms with E-state index in [9.17, 15) is 9.90 Å². The second-order valence-electron chi connectivity index (χ2n) is 2.75. The fraction of sp³-hybridized carbons (Fsp3) is 0.222. The van der Waals surface area contributed by atoms with Crippen molar-refractivity contribution in [2.45, 2.75) is 6.92 Å². The van der Waals surface area contributed by atoms with Crippen LogP contribution < -0.4 is 5.73 Å². The number of rotatable bonds is 2. The van der Waals surface area contributed by atoms with Crippen LogP contribution >= 0.6 is 15.9 Å². The molecule has 0 aliphatic rings. The Kier molecular flexibility index (Phi) is 3.06. The molecule has 0 heterocycles. The van der Waals surface area contributed by atoms with Gasteiger partial charge in [-0.05, 0) is 24.6 Å². The molecule has 0 aliphatic heterocycles. The van der Waals surface area contributed by atoms with Crippen LogP contribution in [0.1, 0.15) is 15.9 Å². The van der Waals surface area contributed by atoms with Crippen molar-refractivity contribution < 1.29 is 9.90 Å². The summed E-state index contributed by atoms with van der Waals surface area (Å²) in [4.78, 5) is 11.2. The van der Waals surface area contributed by atoms with Crippen LogP contribution in [0.5, 0.6) is 5.75 Å². The first-order valence-electron chi connectivity index (χ1n) is 3.78. The summed E-state index contributed by atoms with van der Waals surface area (Å²) in [5.74, 6) is -0.249. The highest BCUT2D eigenvalue weighted by molar-refractivity contribution is 9.10. The average Bonchev–Trinajstić information content (AvgIpc) is 2.10. The molecule has 0 spiro atoms. The van der Waals surface area contributed by atoms with Crippen molar-refractivity contribution in [2.75, 3.05) is 6.54 Å². The van der Waals surface area contributed by atoms with Crippen LogP contribution in [-0.2, 0) is 0 Å². The van der Waals surface area contributed by atoms with Gasteiger partial charge >= 0.3 is 0 Å². The number of phenolic OH excluding ortho intramolecular Hbond substituents is 1. The maximum atomic E-state index is 11.2. The van der Waals surface area contributed by atoms with Crippen LogP contribution in [0.4, 0.5) is 0 Å². The van der Waals surface area contributed by atoms with Gasteiger partial charge in [0.2, 0.25) is 0 Å². The summed E-state index contributed by atoms with van der Waals surface area (Å²) in [7, 11) is 0. The number of phenols is 1. The molecule has 1 aromatic carbocycles. The standard InChI is InChI=1S/C9H10BrNO2/c1-5-2-6(10)3-7(9(5)13)8(12)4-11/h2-3,13H,4,11H2,1H3. The fourth-order valence-corrected chi connectivity index (χ4v) is 1.63. The molecule has 0 saturated carbocycles. The van der Waals surface area contributed by atoms with Crippen LogP contribution in [0.3, 0.4) is 0 Å². The highest BCUT2D eigenvalue weighted by Gasteiger charge is 2.12. The van der Waals surface area contributed by atoms with Gasteiger partial charge in [-0.2, -0.15) is 0 Å². The maximum absolute atomic E-state index is 11.2. The van der Waals surface area contributed by atoms with Crippen LogP contribution in [0.2, 0.25) is 0 Å². The zero-order chi connectivity index (χ0) is 10.0. The van der Waals surface area contributed by atoms with E-state index in [1.807, 2.05) is 0 Å². The number of benzene rings is 1. The van der Waals surface area contributed by atoms with Gasteiger partial charge in [0.1, 0.15) is 5.75 Å². The van der Waals surface area contributed by atoms with Crippen molar-refractivity contribution in [3.8, 4) is 5.75 Å². The third-order valence-electron chi connectivity index (χ3n) is 1.75. The zero-order valence-corrected chi connectivity index (χ0v) is 8.76. The van der Waals surface area contributed by atoms with Crippen molar-refractivity contribution in [3.63, 3.8) is 0 Å². The molecule has 0 saturated heterocycles. The van der Waals surface area contributed by atoms with E-state index in [-0.39, 0.29) is 23.6 Å². The minimum absolute atomic E-state index is 0.0126. The second-order valence-corrected chi connectivity index (χ2v) is 3.66. The van der Waals surface area contributed by atoms with Gasteiger partial charge in [-0.25, -0.2) is 0 Å². The molecule has 13 heavy (non-hydrogen) atoms. The van der Waals surface area contributed by atoms with Crippen LogP contribution in [0.15, 0.2) is 16.6 Å². The third kappa shape index (κ3) is 2.08. The summed E-state index contributed by atoms with van der Waals surface area (Å²) < 4.78 is 0.764. The highest BCUT2D eigenvalue weighted by Crippen LogP contribution is 2.26. The van der Waals surface area contributed by atoms with Gasteiger partial charge < -0.3 is 10.8 Å². The Labute approximate surface area is 84.7 Å². The van der Waals surface area contributed by atoms with E-state index < -0.39 is 0 Å². The quantitative estimate of drug-likeness (QED) is 0.776. The van der Waals surface area contributed by atoms with Crippen molar-refractivity contribution in [1.29, 1.82) is 0 Å². The average molecular weight is 244 g/mol. The van der Waals surface area contributed by atoms with E-state index in [1.54, 1.807) is 19.1 Å². The Morgan fingerprint density at radius 1 is 1.62 bits per heavy atom. The van der Waals surface area contributed by atoms with Gasteiger partial charge in [-0.3, -0.25) is 4.79 Å². The number of hydrogen-bond acceptors (Lipinski definition) is 3. The molecule has 4 heteroatoms. The Morgan fingerprint density at radius 2 is 2.23 bits per heavy atom. The Hall–Kier alpha value is -0.870. The molecule has 0 bridgehead atoms. The Balaban J connectivity index is 3.28. The van der Waals surface area contributed by atoms with Gasteiger partial charge in [-0.1, -0.05) is 15.9 Å². The molecule has 0 atom stereocenters. The van der Waals surface area contributed by atoms with Crippen molar-refractivity contribution >= 4 is 21.7 Å². The number of aromatic hydroxyl groups is 1. The molecule has 0 fully saturated rings. The van der Waals surface area contributed by atoms with E-state index in [0.29, 0.717) is 5.56 Å². The molecule has 0 amide bonds. The molecule has 1 rings (SSSR count). The molecule has 0 aliphatic carbocycles. The second kappa shape index (κ2) is 3.89. The van der Waals surface area contributed by atoms with E-state index in [4.69, 9.17) is 5.73 Å². The van der Waals surface area contributed by atoms with Crippen LogP contribution in [-0.4, -0.2) is 17.4 Å². The summed E-state index contributed by atoms with van der Waals surface area (Å²) in [5, 5.41) is 9.53. The summed E-state index contributed by atoms with van der Waals surface area (Å²) in [6.07, 6.45) is 0. The number of hydrogen-bond donors (Lipinski definition) is 2. The normalized spacial score (nSPS) is 10.1.